The summed E-state index contributed by atoms with van der Waals surface area (Å²) >= 11 is 0. The monoisotopic (exact) mass is 448 g/mol. The lowest BCUT2D eigenvalue weighted by Gasteiger charge is -2.18. The molecule has 24 heavy (non-hydrogen) atoms. The summed E-state index contributed by atoms with van der Waals surface area (Å²) in [7, 11) is 3.37. The van der Waals surface area contributed by atoms with Gasteiger partial charge in [0.15, 0.2) is 5.96 Å². The third kappa shape index (κ3) is 8.37. The number of halogens is 1. The Kier molecular flexibility index (Phi) is 10.4. The van der Waals surface area contributed by atoms with Crippen LogP contribution in [-0.2, 0) is 11.3 Å². The number of methoxy groups -OCH3 is 1. The average molecular weight is 448 g/mol. The number of hydrogen-bond donors (Lipinski definition) is 3. The molecular weight excluding hydrogens is 419 g/mol. The molecule has 0 saturated carbocycles. The lowest BCUT2D eigenvalue weighted by atomic mass is 9.96. The maximum absolute atomic E-state index is 11.8. The zero-order valence-corrected chi connectivity index (χ0v) is 17.4. The van der Waals surface area contributed by atoms with Crippen molar-refractivity contribution in [1.82, 2.24) is 16.0 Å². The van der Waals surface area contributed by atoms with E-state index in [1.54, 1.807) is 14.2 Å². The Bertz CT molecular complexity index is 542. The van der Waals surface area contributed by atoms with Crippen molar-refractivity contribution < 1.29 is 9.53 Å². The first kappa shape index (κ1) is 22.5. The van der Waals surface area contributed by atoms with Crippen molar-refractivity contribution in [2.75, 3.05) is 27.2 Å². The quantitative estimate of drug-likeness (QED) is 0.270. The number of carbonyl (C=O) groups excluding carboxylic acids is 1. The highest BCUT2D eigenvalue weighted by atomic mass is 127. The van der Waals surface area contributed by atoms with Gasteiger partial charge >= 0.3 is 0 Å². The van der Waals surface area contributed by atoms with Crippen molar-refractivity contribution in [1.29, 1.82) is 0 Å². The van der Waals surface area contributed by atoms with E-state index in [1.807, 2.05) is 45.0 Å². The van der Waals surface area contributed by atoms with Crippen molar-refractivity contribution in [2.24, 2.45) is 10.4 Å². The molecular formula is C17H29IN4O2. The van der Waals surface area contributed by atoms with Gasteiger partial charge in [0.1, 0.15) is 5.75 Å². The Morgan fingerprint density at radius 1 is 1.17 bits per heavy atom. The standard InChI is InChI=1S/C17H28N4O2.HI/c1-17(2,3)15(22)19-9-10-20-16(18-4)21-12-13-7-6-8-14(11-13)23-5;/h6-8,11H,9-10,12H2,1-5H3,(H,19,22)(H2,18,20,21);1H. The summed E-state index contributed by atoms with van der Waals surface area (Å²) in [5.74, 6) is 1.56. The van der Waals surface area contributed by atoms with E-state index in [0.717, 1.165) is 11.3 Å². The fourth-order valence-corrected chi connectivity index (χ4v) is 1.81. The number of benzene rings is 1. The van der Waals surface area contributed by atoms with Gasteiger partial charge in [0.2, 0.25) is 5.91 Å². The van der Waals surface area contributed by atoms with Crippen LogP contribution in [0.15, 0.2) is 29.3 Å². The number of carbonyl (C=O) groups is 1. The number of guanidine groups is 1. The molecule has 0 aliphatic rings. The van der Waals surface area contributed by atoms with Crippen LogP contribution in [-0.4, -0.2) is 39.1 Å². The molecule has 0 spiro atoms. The summed E-state index contributed by atoms with van der Waals surface area (Å²) in [6.45, 7) is 7.49. The molecule has 0 radical (unpaired) electrons. The summed E-state index contributed by atoms with van der Waals surface area (Å²) < 4.78 is 5.20. The van der Waals surface area contributed by atoms with Gasteiger partial charge in [0.05, 0.1) is 7.11 Å². The SMILES string of the molecule is CN=C(NCCNC(=O)C(C)(C)C)NCc1cccc(OC)c1.I. The van der Waals surface area contributed by atoms with Crippen LogP contribution in [0.2, 0.25) is 0 Å². The molecule has 7 heteroatoms. The number of nitrogens with zero attached hydrogens (tertiary/aromatic N) is 1. The van der Waals surface area contributed by atoms with Gasteiger partial charge < -0.3 is 20.7 Å². The van der Waals surface area contributed by atoms with Crippen LogP contribution < -0.4 is 20.7 Å². The van der Waals surface area contributed by atoms with E-state index < -0.39 is 0 Å². The van der Waals surface area contributed by atoms with Gasteiger partial charge in [-0.25, -0.2) is 0 Å². The van der Waals surface area contributed by atoms with Crippen molar-refractivity contribution in [3.8, 4) is 5.75 Å². The zero-order valence-electron chi connectivity index (χ0n) is 15.1. The molecule has 0 aromatic heterocycles. The molecule has 0 aliphatic heterocycles. The normalized spacial score (nSPS) is 11.3. The maximum Gasteiger partial charge on any atom is 0.225 e. The third-order valence-corrected chi connectivity index (χ3v) is 3.20. The van der Waals surface area contributed by atoms with Crippen LogP contribution in [0, 0.1) is 5.41 Å². The lowest BCUT2D eigenvalue weighted by molar-refractivity contribution is -0.128. The van der Waals surface area contributed by atoms with E-state index >= 15 is 0 Å². The minimum atomic E-state index is -0.369. The van der Waals surface area contributed by atoms with Crippen LogP contribution >= 0.6 is 24.0 Å². The first-order valence-corrected chi connectivity index (χ1v) is 7.72. The highest BCUT2D eigenvalue weighted by Gasteiger charge is 2.20. The highest BCUT2D eigenvalue weighted by molar-refractivity contribution is 14.0. The molecule has 0 bridgehead atoms. The predicted octanol–water partition coefficient (Wildman–Crippen LogP) is 2.14. The maximum atomic E-state index is 11.8. The second kappa shape index (κ2) is 11.1. The molecule has 1 aromatic rings. The van der Waals surface area contributed by atoms with Crippen LogP contribution in [0.4, 0.5) is 0 Å². The number of ether oxygens (including phenoxy) is 1. The van der Waals surface area contributed by atoms with Gasteiger partial charge in [-0.1, -0.05) is 32.9 Å². The zero-order chi connectivity index (χ0) is 17.3. The van der Waals surface area contributed by atoms with Gasteiger partial charge in [-0.3, -0.25) is 9.79 Å². The molecule has 1 amide bonds. The van der Waals surface area contributed by atoms with E-state index in [4.69, 9.17) is 4.74 Å². The summed E-state index contributed by atoms with van der Waals surface area (Å²) in [6.07, 6.45) is 0. The first-order valence-electron chi connectivity index (χ1n) is 7.72. The minimum Gasteiger partial charge on any atom is -0.497 e. The summed E-state index contributed by atoms with van der Waals surface area (Å²) in [6, 6.07) is 7.86. The number of aliphatic imine (C=N–C) groups is 1. The van der Waals surface area contributed by atoms with Crippen molar-refractivity contribution in [3.05, 3.63) is 29.8 Å². The molecule has 0 fully saturated rings. The van der Waals surface area contributed by atoms with E-state index in [9.17, 15) is 4.79 Å². The van der Waals surface area contributed by atoms with Crippen molar-refractivity contribution >= 4 is 35.8 Å². The van der Waals surface area contributed by atoms with Gasteiger partial charge in [0.25, 0.3) is 0 Å². The Balaban J connectivity index is 0.00000529. The number of rotatable bonds is 6. The van der Waals surface area contributed by atoms with E-state index in [2.05, 4.69) is 20.9 Å². The Morgan fingerprint density at radius 3 is 2.42 bits per heavy atom. The number of amides is 1. The summed E-state index contributed by atoms with van der Waals surface area (Å²) in [5, 5.41) is 9.28. The van der Waals surface area contributed by atoms with Crippen LogP contribution in [0.3, 0.4) is 0 Å². The van der Waals surface area contributed by atoms with E-state index in [1.165, 1.54) is 0 Å². The van der Waals surface area contributed by atoms with Gasteiger partial charge in [0, 0.05) is 32.1 Å². The smallest absolute Gasteiger partial charge is 0.225 e. The Morgan fingerprint density at radius 2 is 1.83 bits per heavy atom. The largest absolute Gasteiger partial charge is 0.497 e. The van der Waals surface area contributed by atoms with E-state index in [-0.39, 0.29) is 35.3 Å². The average Bonchev–Trinajstić information content (AvgIpc) is 2.53. The van der Waals surface area contributed by atoms with Gasteiger partial charge in [-0.2, -0.15) is 0 Å². The third-order valence-electron chi connectivity index (χ3n) is 3.20. The molecule has 0 heterocycles. The summed E-state index contributed by atoms with van der Waals surface area (Å²) in [5.41, 5.74) is 0.736. The van der Waals surface area contributed by atoms with Crippen LogP contribution in [0.5, 0.6) is 5.75 Å². The number of nitrogens with one attached hydrogen (secondary N) is 3. The molecule has 3 N–H and O–H groups in total. The first-order chi connectivity index (χ1) is 10.9. The number of hydrogen-bond acceptors (Lipinski definition) is 3. The minimum absolute atomic E-state index is 0. The highest BCUT2D eigenvalue weighted by Crippen LogP contribution is 2.12. The predicted molar refractivity (Wildman–Crippen MR) is 109 cm³/mol. The second-order valence-corrected chi connectivity index (χ2v) is 6.21. The van der Waals surface area contributed by atoms with Gasteiger partial charge in [-0.05, 0) is 17.7 Å². The molecule has 0 saturated heterocycles. The van der Waals surface area contributed by atoms with E-state index in [0.29, 0.717) is 25.6 Å². The van der Waals surface area contributed by atoms with Crippen molar-refractivity contribution in [2.45, 2.75) is 27.3 Å². The van der Waals surface area contributed by atoms with Crippen molar-refractivity contribution in [3.63, 3.8) is 0 Å². The van der Waals surface area contributed by atoms with Gasteiger partial charge in [-0.15, -0.1) is 24.0 Å². The lowest BCUT2D eigenvalue weighted by Crippen LogP contribution is -2.43. The van der Waals surface area contributed by atoms with Crippen LogP contribution in [0.25, 0.3) is 0 Å². The molecule has 1 aromatic carbocycles. The van der Waals surface area contributed by atoms with Crippen LogP contribution in [0.1, 0.15) is 26.3 Å². The molecule has 136 valence electrons. The molecule has 0 aliphatic carbocycles. The molecule has 6 nitrogen and oxygen atoms in total. The Labute approximate surface area is 161 Å². The fourth-order valence-electron chi connectivity index (χ4n) is 1.81. The Hall–Kier alpha value is -1.51. The topological polar surface area (TPSA) is 74.8 Å². The second-order valence-electron chi connectivity index (χ2n) is 6.21. The molecule has 0 unspecified atom stereocenters. The fraction of sp³-hybridized carbons (Fsp3) is 0.529. The molecule has 1 rings (SSSR count). The summed E-state index contributed by atoms with van der Waals surface area (Å²) in [4.78, 5) is 15.9. The molecule has 0 atom stereocenters.